The predicted molar refractivity (Wildman–Crippen MR) is 94.7 cm³/mol. The van der Waals surface area contributed by atoms with Gasteiger partial charge in [-0.25, -0.2) is 4.79 Å². The SMILES string of the molecule is CC1CC(NC2CCCCCCC2)CCN1C(=O)OC(C)(C)C. The lowest BCUT2D eigenvalue weighted by Crippen LogP contribution is -2.52. The van der Waals surface area contributed by atoms with Crippen LogP contribution in [0.2, 0.25) is 0 Å². The van der Waals surface area contributed by atoms with Gasteiger partial charge in [-0.05, 0) is 53.4 Å². The van der Waals surface area contributed by atoms with Gasteiger partial charge in [0.05, 0.1) is 0 Å². The highest BCUT2D eigenvalue weighted by Crippen LogP contribution is 2.23. The van der Waals surface area contributed by atoms with Crippen molar-refractivity contribution in [1.82, 2.24) is 10.2 Å². The number of likely N-dealkylation sites (tertiary alicyclic amines) is 1. The Morgan fingerprint density at radius 3 is 2.17 bits per heavy atom. The first-order chi connectivity index (χ1) is 10.8. The van der Waals surface area contributed by atoms with Crippen LogP contribution in [0.25, 0.3) is 0 Å². The molecule has 0 spiro atoms. The molecular weight excluding hydrogens is 288 g/mol. The summed E-state index contributed by atoms with van der Waals surface area (Å²) >= 11 is 0. The van der Waals surface area contributed by atoms with Gasteiger partial charge in [0.25, 0.3) is 0 Å². The molecule has 2 atom stereocenters. The van der Waals surface area contributed by atoms with Gasteiger partial charge in [-0.15, -0.1) is 0 Å². The third-order valence-corrected chi connectivity index (χ3v) is 5.08. The van der Waals surface area contributed by atoms with Crippen LogP contribution in [0.15, 0.2) is 0 Å². The average molecular weight is 325 g/mol. The number of hydrogen-bond donors (Lipinski definition) is 1. The van der Waals surface area contributed by atoms with Gasteiger partial charge in [0.2, 0.25) is 0 Å². The minimum Gasteiger partial charge on any atom is -0.444 e. The molecule has 2 unspecified atom stereocenters. The van der Waals surface area contributed by atoms with E-state index >= 15 is 0 Å². The van der Waals surface area contributed by atoms with Gasteiger partial charge >= 0.3 is 6.09 Å². The largest absolute Gasteiger partial charge is 0.444 e. The van der Waals surface area contributed by atoms with Gasteiger partial charge in [-0.1, -0.05) is 32.1 Å². The molecule has 1 amide bonds. The van der Waals surface area contributed by atoms with E-state index in [0.29, 0.717) is 12.1 Å². The number of piperidine rings is 1. The highest BCUT2D eigenvalue weighted by Gasteiger charge is 2.32. The molecule has 4 heteroatoms. The van der Waals surface area contributed by atoms with Crippen molar-refractivity contribution in [2.24, 2.45) is 0 Å². The Labute approximate surface area is 142 Å². The number of carbonyl (C=O) groups is 1. The topological polar surface area (TPSA) is 41.6 Å². The molecule has 2 aliphatic rings. The van der Waals surface area contributed by atoms with Crippen LogP contribution in [0.5, 0.6) is 0 Å². The van der Waals surface area contributed by atoms with E-state index in [-0.39, 0.29) is 12.1 Å². The van der Waals surface area contributed by atoms with E-state index in [2.05, 4.69) is 12.2 Å². The first-order valence-electron chi connectivity index (χ1n) is 9.61. The molecule has 0 aromatic carbocycles. The molecule has 0 radical (unpaired) electrons. The standard InChI is InChI=1S/C19H36N2O2/c1-15-14-17(20-16-10-8-6-5-7-9-11-16)12-13-21(15)18(22)23-19(2,3)4/h15-17,20H,5-14H2,1-4H3. The molecule has 0 aromatic rings. The number of ether oxygens (including phenoxy) is 1. The Bertz CT molecular complexity index is 370. The number of carbonyl (C=O) groups excluding carboxylic acids is 1. The lowest BCUT2D eigenvalue weighted by molar-refractivity contribution is 0.00887. The van der Waals surface area contributed by atoms with Crippen molar-refractivity contribution in [3.05, 3.63) is 0 Å². The summed E-state index contributed by atoms with van der Waals surface area (Å²) in [5, 5.41) is 3.88. The molecule has 0 aromatic heterocycles. The molecular formula is C19H36N2O2. The zero-order chi connectivity index (χ0) is 16.9. The van der Waals surface area contributed by atoms with Crippen LogP contribution in [0.4, 0.5) is 4.79 Å². The number of nitrogens with zero attached hydrogens (tertiary/aromatic N) is 1. The lowest BCUT2D eigenvalue weighted by Gasteiger charge is -2.40. The highest BCUT2D eigenvalue weighted by molar-refractivity contribution is 5.68. The average Bonchev–Trinajstić information content (AvgIpc) is 2.39. The summed E-state index contributed by atoms with van der Waals surface area (Å²) < 4.78 is 5.53. The fourth-order valence-corrected chi connectivity index (χ4v) is 3.87. The Balaban J connectivity index is 1.79. The normalized spacial score (nSPS) is 28.1. The molecule has 1 aliphatic heterocycles. The smallest absolute Gasteiger partial charge is 0.410 e. The van der Waals surface area contributed by atoms with Crippen molar-refractivity contribution in [2.45, 2.75) is 109 Å². The minimum atomic E-state index is -0.412. The fourth-order valence-electron chi connectivity index (χ4n) is 3.87. The molecule has 1 saturated heterocycles. The third kappa shape index (κ3) is 6.33. The summed E-state index contributed by atoms with van der Waals surface area (Å²) in [5.74, 6) is 0. The second kappa shape index (κ2) is 8.36. The van der Waals surface area contributed by atoms with Gasteiger partial charge in [-0.3, -0.25) is 0 Å². The van der Waals surface area contributed by atoms with Crippen LogP contribution in [0, 0.1) is 0 Å². The maximum Gasteiger partial charge on any atom is 0.410 e. The molecule has 2 fully saturated rings. The van der Waals surface area contributed by atoms with Crippen molar-refractivity contribution in [3.8, 4) is 0 Å². The second-order valence-electron chi connectivity index (χ2n) is 8.45. The fraction of sp³-hybridized carbons (Fsp3) is 0.947. The summed E-state index contributed by atoms with van der Waals surface area (Å²) in [6.45, 7) is 8.74. The van der Waals surface area contributed by atoms with E-state index in [1.165, 1.54) is 44.9 Å². The summed E-state index contributed by atoms with van der Waals surface area (Å²) in [7, 11) is 0. The van der Waals surface area contributed by atoms with Crippen molar-refractivity contribution >= 4 is 6.09 Å². The van der Waals surface area contributed by atoms with E-state index in [9.17, 15) is 4.79 Å². The zero-order valence-corrected chi connectivity index (χ0v) is 15.6. The van der Waals surface area contributed by atoms with Crippen molar-refractivity contribution < 1.29 is 9.53 Å². The molecule has 0 bridgehead atoms. The van der Waals surface area contributed by atoms with Gasteiger partial charge in [-0.2, -0.15) is 0 Å². The maximum atomic E-state index is 12.3. The quantitative estimate of drug-likeness (QED) is 0.814. The molecule has 23 heavy (non-hydrogen) atoms. The monoisotopic (exact) mass is 324 g/mol. The molecule has 1 heterocycles. The molecule has 134 valence electrons. The van der Waals surface area contributed by atoms with Gasteiger partial charge in [0.15, 0.2) is 0 Å². The zero-order valence-electron chi connectivity index (χ0n) is 15.6. The summed E-state index contributed by atoms with van der Waals surface area (Å²) in [6.07, 6.45) is 11.5. The molecule has 1 saturated carbocycles. The molecule has 1 N–H and O–H groups in total. The van der Waals surface area contributed by atoms with Crippen LogP contribution < -0.4 is 5.32 Å². The predicted octanol–water partition coefficient (Wildman–Crippen LogP) is 4.48. The Hall–Kier alpha value is -0.770. The summed E-state index contributed by atoms with van der Waals surface area (Å²) in [6, 6.07) is 1.48. The van der Waals surface area contributed by atoms with E-state index in [1.807, 2.05) is 25.7 Å². The van der Waals surface area contributed by atoms with Crippen molar-refractivity contribution in [1.29, 1.82) is 0 Å². The van der Waals surface area contributed by atoms with Crippen LogP contribution in [-0.2, 0) is 4.74 Å². The lowest BCUT2D eigenvalue weighted by atomic mass is 9.93. The van der Waals surface area contributed by atoms with Crippen molar-refractivity contribution in [2.75, 3.05) is 6.54 Å². The Morgan fingerprint density at radius 1 is 1.00 bits per heavy atom. The van der Waals surface area contributed by atoms with E-state index < -0.39 is 5.60 Å². The summed E-state index contributed by atoms with van der Waals surface area (Å²) in [5.41, 5.74) is -0.412. The van der Waals surface area contributed by atoms with Crippen molar-refractivity contribution in [3.63, 3.8) is 0 Å². The maximum absolute atomic E-state index is 12.3. The van der Waals surface area contributed by atoms with E-state index in [4.69, 9.17) is 4.74 Å². The second-order valence-corrected chi connectivity index (χ2v) is 8.45. The van der Waals surface area contributed by atoms with Crippen LogP contribution in [0.1, 0.15) is 85.5 Å². The molecule has 2 rings (SSSR count). The van der Waals surface area contributed by atoms with E-state index in [0.717, 1.165) is 19.4 Å². The van der Waals surface area contributed by atoms with Gasteiger partial charge in [0.1, 0.15) is 5.60 Å². The van der Waals surface area contributed by atoms with Gasteiger partial charge < -0.3 is 15.0 Å². The highest BCUT2D eigenvalue weighted by atomic mass is 16.6. The third-order valence-electron chi connectivity index (χ3n) is 5.08. The Morgan fingerprint density at radius 2 is 1.61 bits per heavy atom. The van der Waals surface area contributed by atoms with Crippen LogP contribution in [-0.4, -0.2) is 41.3 Å². The number of hydrogen-bond acceptors (Lipinski definition) is 3. The minimum absolute atomic E-state index is 0.158. The first-order valence-corrected chi connectivity index (χ1v) is 9.61. The van der Waals surface area contributed by atoms with E-state index in [1.54, 1.807) is 0 Å². The number of rotatable bonds is 2. The Kier molecular flexibility index (Phi) is 6.75. The van der Waals surface area contributed by atoms with Crippen LogP contribution in [0.3, 0.4) is 0 Å². The van der Waals surface area contributed by atoms with Gasteiger partial charge in [0, 0.05) is 24.7 Å². The first kappa shape index (κ1) is 18.6. The van der Waals surface area contributed by atoms with Crippen LogP contribution >= 0.6 is 0 Å². The molecule has 1 aliphatic carbocycles. The number of amides is 1. The summed E-state index contributed by atoms with van der Waals surface area (Å²) in [4.78, 5) is 14.2. The number of nitrogens with one attached hydrogen (secondary N) is 1. The molecule has 4 nitrogen and oxygen atoms in total.